The third kappa shape index (κ3) is 19.4. The summed E-state index contributed by atoms with van der Waals surface area (Å²) in [5, 5.41) is 11.7. The fourth-order valence-electron chi connectivity index (χ4n) is 2.71. The van der Waals surface area contributed by atoms with Gasteiger partial charge in [-0.2, -0.15) is 0 Å². The van der Waals surface area contributed by atoms with Crippen LogP contribution in [0.1, 0.15) is 97.3 Å². The summed E-state index contributed by atoms with van der Waals surface area (Å²) in [5.41, 5.74) is 0. The highest BCUT2D eigenvalue weighted by atomic mass is 16.4. The normalized spacial score (nSPS) is 11.2. The molecule has 0 aliphatic rings. The van der Waals surface area contributed by atoms with E-state index in [0.717, 1.165) is 12.5 Å². The van der Waals surface area contributed by atoms with Gasteiger partial charge in [-0.25, -0.2) is 0 Å². The van der Waals surface area contributed by atoms with Crippen LogP contribution in [0.5, 0.6) is 0 Å². The summed E-state index contributed by atoms with van der Waals surface area (Å²) in [6.07, 6.45) is 16.7. The van der Waals surface area contributed by atoms with Crippen molar-refractivity contribution in [1.82, 2.24) is 5.32 Å². The van der Waals surface area contributed by atoms with Crippen LogP contribution in [0.2, 0.25) is 0 Å². The Balaban J connectivity index is 2.98. The first-order chi connectivity index (χ1) is 10.6. The average molecular weight is 314 g/mol. The molecule has 0 bridgehead atoms. The maximum absolute atomic E-state index is 10.3. The van der Waals surface area contributed by atoms with E-state index in [0.29, 0.717) is 6.54 Å². The van der Waals surface area contributed by atoms with E-state index in [1.54, 1.807) is 0 Å². The number of nitrogens with one attached hydrogen (secondary N) is 1. The molecule has 3 nitrogen and oxygen atoms in total. The maximum Gasteiger partial charge on any atom is 0.304 e. The van der Waals surface area contributed by atoms with Gasteiger partial charge in [-0.05, 0) is 18.9 Å². The molecule has 0 aromatic carbocycles. The summed E-state index contributed by atoms with van der Waals surface area (Å²) in [6, 6.07) is 0. The Morgan fingerprint density at radius 1 is 0.773 bits per heavy atom. The summed E-state index contributed by atoms with van der Waals surface area (Å²) in [5.74, 6) is 0.153. The summed E-state index contributed by atoms with van der Waals surface area (Å²) in [7, 11) is 0. The first-order valence-electron chi connectivity index (χ1n) is 9.55. The van der Waals surface area contributed by atoms with Gasteiger partial charge in [0.1, 0.15) is 0 Å². The molecule has 0 radical (unpaired) electrons. The molecule has 22 heavy (non-hydrogen) atoms. The number of hydrogen-bond donors (Lipinski definition) is 2. The van der Waals surface area contributed by atoms with Crippen LogP contribution in [0.25, 0.3) is 0 Å². The van der Waals surface area contributed by atoms with Gasteiger partial charge in [-0.3, -0.25) is 4.79 Å². The lowest BCUT2D eigenvalue weighted by Gasteiger charge is -2.05. The van der Waals surface area contributed by atoms with Gasteiger partial charge in [0.2, 0.25) is 0 Å². The lowest BCUT2D eigenvalue weighted by molar-refractivity contribution is -0.136. The van der Waals surface area contributed by atoms with Crippen molar-refractivity contribution in [3.8, 4) is 0 Å². The Labute approximate surface area is 138 Å². The SMILES string of the molecule is CC(C)CCCCCCCCCCCCCNCCC(=O)O. The average Bonchev–Trinajstić information content (AvgIpc) is 2.46. The highest BCUT2D eigenvalue weighted by Gasteiger charge is 1.97. The van der Waals surface area contributed by atoms with Crippen molar-refractivity contribution < 1.29 is 9.90 Å². The Morgan fingerprint density at radius 3 is 1.68 bits per heavy atom. The van der Waals surface area contributed by atoms with E-state index in [1.165, 1.54) is 77.0 Å². The third-order valence-electron chi connectivity index (χ3n) is 4.15. The fraction of sp³-hybridized carbons (Fsp3) is 0.947. The Morgan fingerprint density at radius 2 is 1.23 bits per heavy atom. The van der Waals surface area contributed by atoms with Crippen molar-refractivity contribution in [2.45, 2.75) is 97.3 Å². The highest BCUT2D eigenvalue weighted by molar-refractivity contribution is 5.66. The van der Waals surface area contributed by atoms with Crippen molar-refractivity contribution in [3.63, 3.8) is 0 Å². The quantitative estimate of drug-likeness (QED) is 0.354. The minimum absolute atomic E-state index is 0.234. The topological polar surface area (TPSA) is 49.3 Å². The lowest BCUT2D eigenvalue weighted by atomic mass is 10.0. The standard InChI is InChI=1S/C19H39NO2/c1-18(2)14-12-10-8-6-4-3-5-7-9-11-13-16-20-17-15-19(21)22/h18,20H,3-17H2,1-2H3,(H,21,22). The van der Waals surface area contributed by atoms with Crippen molar-refractivity contribution in [2.75, 3.05) is 13.1 Å². The Kier molecular flexibility index (Phi) is 16.4. The summed E-state index contributed by atoms with van der Waals surface area (Å²) >= 11 is 0. The molecule has 0 aliphatic heterocycles. The lowest BCUT2D eigenvalue weighted by Crippen LogP contribution is -2.19. The van der Waals surface area contributed by atoms with Crippen LogP contribution in [0, 0.1) is 5.92 Å². The fourth-order valence-corrected chi connectivity index (χ4v) is 2.71. The molecule has 0 rings (SSSR count). The summed E-state index contributed by atoms with van der Waals surface area (Å²) in [4.78, 5) is 10.3. The van der Waals surface area contributed by atoms with Gasteiger partial charge in [0, 0.05) is 6.54 Å². The predicted molar refractivity (Wildman–Crippen MR) is 95.4 cm³/mol. The second-order valence-corrected chi connectivity index (χ2v) is 6.97. The van der Waals surface area contributed by atoms with Crippen LogP contribution < -0.4 is 5.32 Å². The number of carboxylic acids is 1. The largest absolute Gasteiger partial charge is 0.481 e. The van der Waals surface area contributed by atoms with Gasteiger partial charge in [0.15, 0.2) is 0 Å². The number of carboxylic acid groups (broad SMARTS) is 1. The van der Waals surface area contributed by atoms with E-state index < -0.39 is 5.97 Å². The first kappa shape index (κ1) is 21.4. The Hall–Kier alpha value is -0.570. The van der Waals surface area contributed by atoms with Crippen molar-refractivity contribution in [1.29, 1.82) is 0 Å². The van der Waals surface area contributed by atoms with Crippen LogP contribution in [0.4, 0.5) is 0 Å². The smallest absolute Gasteiger partial charge is 0.304 e. The molecule has 0 atom stereocenters. The number of aliphatic carboxylic acids is 1. The molecule has 0 fully saturated rings. The second-order valence-electron chi connectivity index (χ2n) is 6.97. The minimum atomic E-state index is -0.715. The van der Waals surface area contributed by atoms with E-state index in [9.17, 15) is 4.79 Å². The van der Waals surface area contributed by atoms with E-state index in [1.807, 2.05) is 0 Å². The van der Waals surface area contributed by atoms with Gasteiger partial charge in [0.25, 0.3) is 0 Å². The van der Waals surface area contributed by atoms with Gasteiger partial charge in [0.05, 0.1) is 6.42 Å². The van der Waals surface area contributed by atoms with Gasteiger partial charge in [-0.1, -0.05) is 84.5 Å². The zero-order chi connectivity index (χ0) is 16.5. The van der Waals surface area contributed by atoms with Gasteiger partial charge in [-0.15, -0.1) is 0 Å². The molecular formula is C19H39NO2. The first-order valence-corrected chi connectivity index (χ1v) is 9.55. The summed E-state index contributed by atoms with van der Waals surface area (Å²) < 4.78 is 0. The van der Waals surface area contributed by atoms with Crippen LogP contribution >= 0.6 is 0 Å². The summed E-state index contributed by atoms with van der Waals surface area (Å²) in [6.45, 7) is 6.19. The van der Waals surface area contributed by atoms with Crippen LogP contribution in [0.3, 0.4) is 0 Å². The van der Waals surface area contributed by atoms with Crippen LogP contribution in [-0.4, -0.2) is 24.2 Å². The van der Waals surface area contributed by atoms with Crippen molar-refractivity contribution in [3.05, 3.63) is 0 Å². The molecule has 0 amide bonds. The molecule has 2 N–H and O–H groups in total. The van der Waals surface area contributed by atoms with Crippen LogP contribution in [-0.2, 0) is 4.79 Å². The van der Waals surface area contributed by atoms with E-state index in [2.05, 4.69) is 19.2 Å². The molecule has 0 aromatic rings. The number of hydrogen-bond acceptors (Lipinski definition) is 2. The molecule has 132 valence electrons. The zero-order valence-electron chi connectivity index (χ0n) is 15.0. The van der Waals surface area contributed by atoms with Crippen molar-refractivity contribution >= 4 is 5.97 Å². The number of unbranched alkanes of at least 4 members (excludes halogenated alkanes) is 10. The molecule has 3 heteroatoms. The molecule has 0 aliphatic carbocycles. The number of carbonyl (C=O) groups is 1. The second kappa shape index (κ2) is 16.8. The minimum Gasteiger partial charge on any atom is -0.481 e. The van der Waals surface area contributed by atoms with E-state index >= 15 is 0 Å². The number of rotatable bonds is 17. The van der Waals surface area contributed by atoms with Crippen molar-refractivity contribution in [2.24, 2.45) is 5.92 Å². The predicted octanol–water partition coefficient (Wildman–Crippen LogP) is 5.39. The molecule has 0 heterocycles. The molecule has 0 aromatic heterocycles. The maximum atomic E-state index is 10.3. The van der Waals surface area contributed by atoms with E-state index in [4.69, 9.17) is 5.11 Å². The highest BCUT2D eigenvalue weighted by Crippen LogP contribution is 2.13. The van der Waals surface area contributed by atoms with Gasteiger partial charge < -0.3 is 10.4 Å². The molecule has 0 unspecified atom stereocenters. The molecular weight excluding hydrogens is 274 g/mol. The molecule has 0 spiro atoms. The monoisotopic (exact) mass is 313 g/mol. The Bertz CT molecular complexity index is 242. The van der Waals surface area contributed by atoms with E-state index in [-0.39, 0.29) is 6.42 Å². The zero-order valence-corrected chi connectivity index (χ0v) is 15.0. The third-order valence-corrected chi connectivity index (χ3v) is 4.15. The van der Waals surface area contributed by atoms with Gasteiger partial charge >= 0.3 is 5.97 Å². The van der Waals surface area contributed by atoms with Crippen LogP contribution in [0.15, 0.2) is 0 Å². The molecule has 0 saturated heterocycles. The molecule has 0 saturated carbocycles.